The Morgan fingerprint density at radius 3 is 2.50 bits per heavy atom. The lowest BCUT2D eigenvalue weighted by atomic mass is 10.1. The minimum atomic E-state index is -3.99. The Labute approximate surface area is 137 Å². The van der Waals surface area contributed by atoms with E-state index in [4.69, 9.17) is 21.8 Å². The zero-order valence-electron chi connectivity index (χ0n) is 11.7. The first-order valence-electron chi connectivity index (χ1n) is 6.54. The quantitative estimate of drug-likeness (QED) is 0.573. The summed E-state index contributed by atoms with van der Waals surface area (Å²) >= 11 is 6.47. The van der Waals surface area contributed by atoms with E-state index in [9.17, 15) is 18.0 Å². The number of carbonyl (C=O) groups excluding carboxylic acids is 1. The van der Waals surface area contributed by atoms with Gasteiger partial charge < -0.3 is 10.4 Å². The number of nitrogens with two attached hydrogens (primary N) is 1. The first kappa shape index (κ1) is 18.9. The summed E-state index contributed by atoms with van der Waals surface area (Å²) in [6.07, 6.45) is 2.94. The highest BCUT2D eigenvalue weighted by Crippen LogP contribution is 2.29. The number of carbonyl (C=O) groups is 2. The van der Waals surface area contributed by atoms with Gasteiger partial charge in [0.25, 0.3) is 5.91 Å². The second-order valence-electron chi connectivity index (χ2n) is 4.61. The summed E-state index contributed by atoms with van der Waals surface area (Å²) in [7, 11) is -3.99. The predicted octanol–water partition coefficient (Wildman–Crippen LogP) is 1.81. The van der Waals surface area contributed by atoms with Gasteiger partial charge in [0.15, 0.2) is 0 Å². The first-order valence-corrected chi connectivity index (χ1v) is 9.28. The molecule has 1 aromatic heterocycles. The van der Waals surface area contributed by atoms with Crippen molar-refractivity contribution in [3.05, 3.63) is 16.0 Å². The van der Waals surface area contributed by atoms with Gasteiger partial charge in [0.1, 0.15) is 4.21 Å². The molecule has 0 saturated heterocycles. The lowest BCUT2D eigenvalue weighted by Crippen LogP contribution is -2.26. The van der Waals surface area contributed by atoms with Crippen LogP contribution in [0.4, 0.5) is 0 Å². The minimum Gasteiger partial charge on any atom is -0.481 e. The molecule has 0 fully saturated rings. The van der Waals surface area contributed by atoms with E-state index in [0.29, 0.717) is 19.4 Å². The summed E-state index contributed by atoms with van der Waals surface area (Å²) in [4.78, 5) is 22.3. The molecule has 4 N–H and O–H groups in total. The zero-order valence-corrected chi connectivity index (χ0v) is 14.1. The van der Waals surface area contributed by atoms with E-state index in [1.807, 2.05) is 0 Å². The lowest BCUT2D eigenvalue weighted by Gasteiger charge is -2.05. The summed E-state index contributed by atoms with van der Waals surface area (Å²) in [6, 6.07) is 1.27. The molecule has 0 unspecified atom stereocenters. The summed E-state index contributed by atoms with van der Waals surface area (Å²) < 4.78 is 22.7. The van der Waals surface area contributed by atoms with Crippen molar-refractivity contribution < 1.29 is 23.1 Å². The molecule has 1 amide bonds. The molecule has 10 heteroatoms. The molecule has 0 bridgehead atoms. The Bertz CT molecular complexity index is 642. The Hall–Kier alpha value is -1.16. The third-order valence-electron chi connectivity index (χ3n) is 2.77. The van der Waals surface area contributed by atoms with E-state index >= 15 is 0 Å². The second kappa shape index (κ2) is 8.47. The number of primary sulfonamides is 1. The van der Waals surface area contributed by atoms with Gasteiger partial charge in [-0.15, -0.1) is 11.3 Å². The number of hydrogen-bond donors (Lipinski definition) is 3. The van der Waals surface area contributed by atoms with Crippen LogP contribution in [0.1, 0.15) is 42.5 Å². The minimum absolute atomic E-state index is 0.0524. The maximum absolute atomic E-state index is 11.9. The SMILES string of the molecule is NS(=O)(=O)c1sc(Cl)cc1C(=O)NCCCCCCC(=O)O. The van der Waals surface area contributed by atoms with Crippen LogP contribution in [0.2, 0.25) is 4.34 Å². The summed E-state index contributed by atoms with van der Waals surface area (Å²) in [5, 5.41) is 16.1. The molecule has 7 nitrogen and oxygen atoms in total. The number of nitrogens with one attached hydrogen (secondary N) is 1. The Morgan fingerprint density at radius 1 is 1.27 bits per heavy atom. The molecular formula is C12H17ClN2O5S2. The molecular weight excluding hydrogens is 352 g/mol. The normalized spacial score (nSPS) is 11.4. The highest BCUT2D eigenvalue weighted by atomic mass is 35.5. The fraction of sp³-hybridized carbons (Fsp3) is 0.500. The van der Waals surface area contributed by atoms with Gasteiger partial charge in [-0.25, -0.2) is 13.6 Å². The van der Waals surface area contributed by atoms with Crippen molar-refractivity contribution in [3.63, 3.8) is 0 Å². The third kappa shape index (κ3) is 6.30. The number of rotatable bonds is 9. The summed E-state index contributed by atoms with van der Waals surface area (Å²) in [5.74, 6) is -1.36. The number of unbranched alkanes of at least 4 members (excludes halogenated alkanes) is 3. The number of hydrogen-bond acceptors (Lipinski definition) is 5. The predicted molar refractivity (Wildman–Crippen MR) is 83.8 cm³/mol. The fourth-order valence-electron chi connectivity index (χ4n) is 1.77. The van der Waals surface area contributed by atoms with Crippen molar-refractivity contribution in [3.8, 4) is 0 Å². The van der Waals surface area contributed by atoms with Gasteiger partial charge in [-0.05, 0) is 18.9 Å². The maximum atomic E-state index is 11.9. The van der Waals surface area contributed by atoms with Gasteiger partial charge in [0.2, 0.25) is 10.0 Å². The van der Waals surface area contributed by atoms with Gasteiger partial charge >= 0.3 is 5.97 Å². The van der Waals surface area contributed by atoms with E-state index in [2.05, 4.69) is 5.32 Å². The molecule has 124 valence electrons. The van der Waals surface area contributed by atoms with Gasteiger partial charge in [-0.2, -0.15) is 0 Å². The molecule has 0 spiro atoms. The number of amides is 1. The average Bonchev–Trinajstić information content (AvgIpc) is 2.79. The van der Waals surface area contributed by atoms with Crippen LogP contribution >= 0.6 is 22.9 Å². The van der Waals surface area contributed by atoms with Gasteiger partial charge in [0.05, 0.1) is 9.90 Å². The van der Waals surface area contributed by atoms with Crippen molar-refractivity contribution >= 4 is 44.8 Å². The summed E-state index contributed by atoms with van der Waals surface area (Å²) in [5.41, 5.74) is -0.0524. The third-order valence-corrected chi connectivity index (χ3v) is 5.52. The van der Waals surface area contributed by atoms with Crippen molar-refractivity contribution in [2.24, 2.45) is 5.14 Å². The Morgan fingerprint density at radius 2 is 1.91 bits per heavy atom. The van der Waals surface area contributed by atoms with Crippen LogP contribution in [0, 0.1) is 0 Å². The molecule has 0 aromatic carbocycles. The monoisotopic (exact) mass is 368 g/mol. The Kier molecular flexibility index (Phi) is 7.27. The largest absolute Gasteiger partial charge is 0.481 e. The standard InChI is InChI=1S/C12H17ClN2O5S2/c13-9-7-8(12(21-9)22(14,19)20)11(18)15-6-4-2-1-3-5-10(16)17/h7H,1-6H2,(H,15,18)(H,16,17)(H2,14,19,20). The van der Waals surface area contributed by atoms with Crippen molar-refractivity contribution in [1.29, 1.82) is 0 Å². The maximum Gasteiger partial charge on any atom is 0.303 e. The molecule has 0 aliphatic carbocycles. The molecule has 22 heavy (non-hydrogen) atoms. The molecule has 1 aromatic rings. The number of sulfonamides is 1. The number of halogens is 1. The molecule has 1 heterocycles. The van der Waals surface area contributed by atoms with Gasteiger partial charge in [0, 0.05) is 13.0 Å². The average molecular weight is 369 g/mol. The second-order valence-corrected chi connectivity index (χ2v) is 8.05. The number of carboxylic acids is 1. The van der Waals surface area contributed by atoms with E-state index in [1.54, 1.807) is 0 Å². The topological polar surface area (TPSA) is 127 Å². The van der Waals surface area contributed by atoms with Crippen LogP contribution < -0.4 is 10.5 Å². The van der Waals surface area contributed by atoms with Crippen LogP contribution in [0.25, 0.3) is 0 Å². The van der Waals surface area contributed by atoms with Gasteiger partial charge in [-0.1, -0.05) is 24.4 Å². The molecule has 0 atom stereocenters. The lowest BCUT2D eigenvalue weighted by molar-refractivity contribution is -0.137. The number of aliphatic carboxylic acids is 1. The summed E-state index contributed by atoms with van der Waals surface area (Å²) in [6.45, 7) is 0.365. The van der Waals surface area contributed by atoms with Crippen LogP contribution in [0.15, 0.2) is 10.3 Å². The number of carboxylic acid groups (broad SMARTS) is 1. The molecule has 0 aliphatic rings. The molecule has 0 saturated carbocycles. The zero-order chi connectivity index (χ0) is 16.8. The van der Waals surface area contributed by atoms with Crippen LogP contribution in [-0.4, -0.2) is 31.9 Å². The van der Waals surface area contributed by atoms with Crippen molar-refractivity contribution in [2.75, 3.05) is 6.54 Å². The van der Waals surface area contributed by atoms with Crippen molar-refractivity contribution in [1.82, 2.24) is 5.32 Å². The van der Waals surface area contributed by atoms with E-state index in [0.717, 1.165) is 24.2 Å². The first-order chi connectivity index (χ1) is 10.2. The Balaban J connectivity index is 2.42. The highest BCUT2D eigenvalue weighted by Gasteiger charge is 2.22. The number of thiophene rings is 1. The van der Waals surface area contributed by atoms with Gasteiger partial charge in [-0.3, -0.25) is 9.59 Å². The fourth-order valence-corrected chi connectivity index (χ4v) is 4.05. The van der Waals surface area contributed by atoms with Crippen LogP contribution in [0.3, 0.4) is 0 Å². The van der Waals surface area contributed by atoms with Crippen LogP contribution in [-0.2, 0) is 14.8 Å². The highest BCUT2D eigenvalue weighted by molar-refractivity contribution is 7.91. The van der Waals surface area contributed by atoms with E-state index in [1.165, 1.54) is 6.07 Å². The van der Waals surface area contributed by atoms with E-state index < -0.39 is 21.9 Å². The molecule has 0 radical (unpaired) electrons. The van der Waals surface area contributed by atoms with E-state index in [-0.39, 0.29) is 20.5 Å². The van der Waals surface area contributed by atoms with Crippen molar-refractivity contribution in [2.45, 2.75) is 36.3 Å². The molecule has 0 aliphatic heterocycles. The molecule has 1 rings (SSSR count). The smallest absolute Gasteiger partial charge is 0.303 e. The van der Waals surface area contributed by atoms with Crippen LogP contribution in [0.5, 0.6) is 0 Å².